The first-order valence-corrected chi connectivity index (χ1v) is 11.2. The highest BCUT2D eigenvalue weighted by Gasteiger charge is 2.32. The molecule has 0 saturated carbocycles. The van der Waals surface area contributed by atoms with Gasteiger partial charge in [-0.25, -0.2) is 0 Å². The largest absolute Gasteiger partial charge is 0.381 e. The molecule has 174 valence electrons. The second-order valence-corrected chi connectivity index (χ2v) is 8.57. The summed E-state index contributed by atoms with van der Waals surface area (Å²) in [6.07, 6.45) is 4.04. The van der Waals surface area contributed by atoms with Crippen molar-refractivity contribution in [1.29, 1.82) is 0 Å². The Bertz CT molecular complexity index is 746. The second kappa shape index (κ2) is 11.1. The van der Waals surface area contributed by atoms with E-state index in [1.807, 2.05) is 4.90 Å². The van der Waals surface area contributed by atoms with Crippen molar-refractivity contribution in [3.63, 3.8) is 0 Å². The standard InChI is InChI=1S/C22H36N4O5/c1-16-20(15-29-4)21(23-31-16)22(28)24(3)10-11-26(18-7-12-30-13-8-18)19-6-5-9-25(14-19)17(2)27/h18-19H,5-15H2,1-4H3. The van der Waals surface area contributed by atoms with Crippen molar-refractivity contribution in [2.24, 2.45) is 0 Å². The van der Waals surface area contributed by atoms with Crippen LogP contribution in [0.1, 0.15) is 54.4 Å². The Labute approximate surface area is 184 Å². The van der Waals surface area contributed by atoms with Crippen LogP contribution >= 0.6 is 0 Å². The highest BCUT2D eigenvalue weighted by atomic mass is 16.5. The lowest BCUT2D eigenvalue weighted by atomic mass is 9.98. The van der Waals surface area contributed by atoms with E-state index in [1.54, 1.807) is 32.9 Å². The van der Waals surface area contributed by atoms with Crippen LogP contribution in [0.15, 0.2) is 4.52 Å². The predicted octanol–water partition coefficient (Wildman–Crippen LogP) is 1.69. The van der Waals surface area contributed by atoms with E-state index in [0.717, 1.165) is 58.5 Å². The van der Waals surface area contributed by atoms with Crippen LogP contribution in [0.4, 0.5) is 0 Å². The number of aryl methyl sites for hydroxylation is 1. The van der Waals surface area contributed by atoms with Crippen LogP contribution in [-0.2, 0) is 20.9 Å². The van der Waals surface area contributed by atoms with Crippen LogP contribution in [0.5, 0.6) is 0 Å². The maximum atomic E-state index is 13.0. The summed E-state index contributed by atoms with van der Waals surface area (Å²) in [5.74, 6) is 0.579. The van der Waals surface area contributed by atoms with E-state index >= 15 is 0 Å². The van der Waals surface area contributed by atoms with Gasteiger partial charge in [0.05, 0.1) is 12.2 Å². The number of likely N-dealkylation sites (tertiary alicyclic amines) is 1. The van der Waals surface area contributed by atoms with Gasteiger partial charge in [-0.3, -0.25) is 14.5 Å². The van der Waals surface area contributed by atoms with E-state index in [2.05, 4.69) is 10.1 Å². The van der Waals surface area contributed by atoms with Gasteiger partial charge >= 0.3 is 0 Å². The SMILES string of the molecule is COCc1c(C(=O)N(C)CCN(C2CCOCC2)C2CCCN(C(C)=O)C2)noc1C. The van der Waals surface area contributed by atoms with Gasteiger partial charge in [-0.2, -0.15) is 0 Å². The molecule has 2 saturated heterocycles. The third-order valence-electron chi connectivity index (χ3n) is 6.49. The molecular weight excluding hydrogens is 400 g/mol. The first-order valence-electron chi connectivity index (χ1n) is 11.2. The van der Waals surface area contributed by atoms with Crippen molar-refractivity contribution < 1.29 is 23.6 Å². The molecule has 31 heavy (non-hydrogen) atoms. The first kappa shape index (κ1) is 23.7. The number of amides is 2. The van der Waals surface area contributed by atoms with E-state index in [9.17, 15) is 9.59 Å². The van der Waals surface area contributed by atoms with Crippen molar-refractivity contribution in [3.05, 3.63) is 17.0 Å². The summed E-state index contributed by atoms with van der Waals surface area (Å²) in [7, 11) is 3.39. The lowest BCUT2D eigenvalue weighted by Gasteiger charge is -2.44. The monoisotopic (exact) mass is 436 g/mol. The van der Waals surface area contributed by atoms with Gasteiger partial charge < -0.3 is 23.8 Å². The van der Waals surface area contributed by atoms with E-state index in [1.165, 1.54) is 0 Å². The summed E-state index contributed by atoms with van der Waals surface area (Å²) in [5.41, 5.74) is 1.02. The molecular formula is C22H36N4O5. The van der Waals surface area contributed by atoms with E-state index in [-0.39, 0.29) is 11.8 Å². The van der Waals surface area contributed by atoms with E-state index in [0.29, 0.717) is 42.3 Å². The summed E-state index contributed by atoms with van der Waals surface area (Å²) >= 11 is 0. The minimum atomic E-state index is -0.162. The van der Waals surface area contributed by atoms with Crippen LogP contribution in [0, 0.1) is 6.92 Å². The molecule has 0 aromatic carbocycles. The minimum absolute atomic E-state index is 0.135. The molecule has 0 spiro atoms. The zero-order chi connectivity index (χ0) is 22.4. The fraction of sp³-hybridized carbons (Fsp3) is 0.773. The number of aromatic nitrogens is 1. The maximum absolute atomic E-state index is 13.0. The molecule has 0 N–H and O–H groups in total. The molecule has 1 aromatic heterocycles. The van der Waals surface area contributed by atoms with Crippen LogP contribution in [0.25, 0.3) is 0 Å². The summed E-state index contributed by atoms with van der Waals surface area (Å²) < 4.78 is 16.0. The van der Waals surface area contributed by atoms with Gasteiger partial charge in [0, 0.05) is 72.6 Å². The fourth-order valence-corrected chi connectivity index (χ4v) is 4.61. The van der Waals surface area contributed by atoms with E-state index in [4.69, 9.17) is 14.0 Å². The zero-order valence-electron chi connectivity index (χ0n) is 19.3. The van der Waals surface area contributed by atoms with Crippen molar-refractivity contribution in [2.75, 3.05) is 53.6 Å². The molecule has 1 unspecified atom stereocenters. The normalized spacial score (nSPS) is 20.3. The number of carbonyl (C=O) groups excluding carboxylic acids is 2. The maximum Gasteiger partial charge on any atom is 0.276 e. The quantitative estimate of drug-likeness (QED) is 0.613. The van der Waals surface area contributed by atoms with Crippen molar-refractivity contribution in [1.82, 2.24) is 19.9 Å². The number of nitrogens with zero attached hydrogens (tertiary/aromatic N) is 4. The number of rotatable bonds is 8. The Morgan fingerprint density at radius 1 is 1.19 bits per heavy atom. The average Bonchev–Trinajstić information content (AvgIpc) is 3.14. The Morgan fingerprint density at radius 3 is 2.61 bits per heavy atom. The Balaban J connectivity index is 1.68. The summed E-state index contributed by atoms with van der Waals surface area (Å²) in [5, 5.41) is 3.97. The molecule has 0 bridgehead atoms. The number of likely N-dealkylation sites (N-methyl/N-ethyl adjacent to an activating group) is 1. The lowest BCUT2D eigenvalue weighted by Crippen LogP contribution is -2.55. The molecule has 3 heterocycles. The number of hydrogen-bond donors (Lipinski definition) is 0. The van der Waals surface area contributed by atoms with Gasteiger partial charge in [0.15, 0.2) is 5.69 Å². The molecule has 1 aromatic rings. The van der Waals surface area contributed by atoms with Gasteiger partial charge in [0.1, 0.15) is 5.76 Å². The average molecular weight is 437 g/mol. The predicted molar refractivity (Wildman–Crippen MR) is 115 cm³/mol. The van der Waals surface area contributed by atoms with Gasteiger partial charge in [0.2, 0.25) is 5.91 Å². The topological polar surface area (TPSA) is 88.4 Å². The molecule has 9 heteroatoms. The summed E-state index contributed by atoms with van der Waals surface area (Å²) in [6, 6.07) is 0.718. The molecule has 1 atom stereocenters. The molecule has 0 aliphatic carbocycles. The number of methoxy groups -OCH3 is 1. The fourth-order valence-electron chi connectivity index (χ4n) is 4.61. The highest BCUT2D eigenvalue weighted by molar-refractivity contribution is 5.93. The third kappa shape index (κ3) is 5.84. The molecule has 3 rings (SSSR count). The summed E-state index contributed by atoms with van der Waals surface area (Å²) in [6.45, 7) is 8.16. The number of ether oxygens (including phenoxy) is 2. The molecule has 2 aliphatic heterocycles. The lowest BCUT2D eigenvalue weighted by molar-refractivity contribution is -0.131. The van der Waals surface area contributed by atoms with E-state index < -0.39 is 0 Å². The first-order chi connectivity index (χ1) is 14.9. The number of carbonyl (C=O) groups is 2. The molecule has 2 aliphatic rings. The summed E-state index contributed by atoms with van der Waals surface area (Å²) in [4.78, 5) is 31.1. The van der Waals surface area contributed by atoms with Crippen LogP contribution in [-0.4, -0.2) is 97.3 Å². The van der Waals surface area contributed by atoms with Gasteiger partial charge in [0.25, 0.3) is 5.91 Å². The third-order valence-corrected chi connectivity index (χ3v) is 6.49. The Kier molecular flexibility index (Phi) is 8.45. The molecule has 2 fully saturated rings. The smallest absolute Gasteiger partial charge is 0.276 e. The number of piperidine rings is 1. The van der Waals surface area contributed by atoms with Gasteiger partial charge in [-0.15, -0.1) is 0 Å². The second-order valence-electron chi connectivity index (χ2n) is 8.57. The highest BCUT2D eigenvalue weighted by Crippen LogP contribution is 2.24. The molecule has 9 nitrogen and oxygen atoms in total. The van der Waals surface area contributed by atoms with Crippen LogP contribution < -0.4 is 0 Å². The van der Waals surface area contributed by atoms with Crippen LogP contribution in [0.2, 0.25) is 0 Å². The minimum Gasteiger partial charge on any atom is -0.381 e. The number of hydrogen-bond acceptors (Lipinski definition) is 7. The Hall–Kier alpha value is -1.97. The zero-order valence-corrected chi connectivity index (χ0v) is 19.3. The Morgan fingerprint density at radius 2 is 1.94 bits per heavy atom. The van der Waals surface area contributed by atoms with Gasteiger partial charge in [-0.1, -0.05) is 5.16 Å². The van der Waals surface area contributed by atoms with Crippen LogP contribution in [0.3, 0.4) is 0 Å². The molecule has 0 radical (unpaired) electrons. The van der Waals surface area contributed by atoms with Crippen molar-refractivity contribution in [2.45, 2.75) is 58.2 Å². The van der Waals surface area contributed by atoms with Gasteiger partial charge in [-0.05, 0) is 32.6 Å². The van der Waals surface area contributed by atoms with Crippen molar-refractivity contribution in [3.8, 4) is 0 Å². The molecule has 2 amide bonds. The van der Waals surface area contributed by atoms with Crippen molar-refractivity contribution >= 4 is 11.8 Å².